The normalized spacial score (nSPS) is 40.2. The fourth-order valence-electron chi connectivity index (χ4n) is 6.08. The number of ether oxygens (including phenoxy) is 2. The molecule has 1 N–H and O–H groups in total. The van der Waals surface area contributed by atoms with Crippen molar-refractivity contribution >= 4 is 11.8 Å². The predicted octanol–water partition coefficient (Wildman–Crippen LogP) is 1.71. The largest absolute Gasteiger partial charge is 0.379 e. The number of amides is 2. The van der Waals surface area contributed by atoms with Crippen LogP contribution in [-0.4, -0.2) is 85.6 Å². The van der Waals surface area contributed by atoms with Gasteiger partial charge in [0.05, 0.1) is 24.7 Å². The first-order valence-corrected chi connectivity index (χ1v) is 12.1. The molecule has 0 aromatic rings. The van der Waals surface area contributed by atoms with Crippen molar-refractivity contribution in [1.82, 2.24) is 15.1 Å². The van der Waals surface area contributed by atoms with E-state index >= 15 is 0 Å². The van der Waals surface area contributed by atoms with Crippen LogP contribution in [0.3, 0.4) is 0 Å². The Kier molecular flexibility index (Phi) is 5.99. The first-order chi connectivity index (χ1) is 14.9. The summed E-state index contributed by atoms with van der Waals surface area (Å²) in [6.45, 7) is 5.46. The number of rotatable bonds is 3. The highest BCUT2D eigenvalue weighted by Crippen LogP contribution is 2.38. The number of halogens is 1. The first kappa shape index (κ1) is 21.6. The second-order valence-electron chi connectivity index (χ2n) is 10.6. The summed E-state index contributed by atoms with van der Waals surface area (Å²) in [6.07, 6.45) is 5.05. The van der Waals surface area contributed by atoms with E-state index in [0.717, 1.165) is 32.1 Å². The fourth-order valence-corrected chi connectivity index (χ4v) is 6.08. The molecule has 5 aliphatic rings. The van der Waals surface area contributed by atoms with Gasteiger partial charge < -0.3 is 19.3 Å². The average molecular weight is 438 g/mol. The highest BCUT2D eigenvalue weighted by molar-refractivity contribution is 5.84. The number of carbonyl (C=O) groups excluding carboxylic acids is 2. The van der Waals surface area contributed by atoms with E-state index in [2.05, 4.69) is 5.32 Å². The van der Waals surface area contributed by atoms with Crippen molar-refractivity contribution < 1.29 is 23.5 Å². The SMILES string of the molecule is CC1(C(=O)N2CCN(C(=O)C3CCC(C4NC5CCC(F)CC5O4)CC3)CC2)COC1. The molecule has 2 saturated carbocycles. The van der Waals surface area contributed by atoms with Gasteiger partial charge in [0, 0.05) is 44.6 Å². The number of nitrogens with zero attached hydrogens (tertiary/aromatic N) is 2. The molecule has 2 amide bonds. The predicted molar refractivity (Wildman–Crippen MR) is 112 cm³/mol. The van der Waals surface area contributed by atoms with Gasteiger partial charge in [-0.25, -0.2) is 4.39 Å². The van der Waals surface area contributed by atoms with E-state index in [9.17, 15) is 14.0 Å². The van der Waals surface area contributed by atoms with Crippen molar-refractivity contribution in [3.63, 3.8) is 0 Å². The van der Waals surface area contributed by atoms with Crippen LogP contribution in [0.4, 0.5) is 4.39 Å². The van der Waals surface area contributed by atoms with Gasteiger partial charge in [-0.3, -0.25) is 14.9 Å². The van der Waals surface area contributed by atoms with Gasteiger partial charge in [0.15, 0.2) is 0 Å². The Bertz CT molecular complexity index is 686. The summed E-state index contributed by atoms with van der Waals surface area (Å²) >= 11 is 0. The van der Waals surface area contributed by atoms with Gasteiger partial charge in [-0.2, -0.15) is 0 Å². The molecule has 4 unspecified atom stereocenters. The summed E-state index contributed by atoms with van der Waals surface area (Å²) in [7, 11) is 0. The average Bonchev–Trinajstić information content (AvgIpc) is 3.20. The number of hydrogen-bond donors (Lipinski definition) is 1. The highest BCUT2D eigenvalue weighted by atomic mass is 19.1. The van der Waals surface area contributed by atoms with Crippen LogP contribution in [-0.2, 0) is 19.1 Å². The van der Waals surface area contributed by atoms with Crippen LogP contribution in [0.1, 0.15) is 51.9 Å². The van der Waals surface area contributed by atoms with Crippen LogP contribution < -0.4 is 5.32 Å². The molecule has 2 aliphatic carbocycles. The van der Waals surface area contributed by atoms with Crippen molar-refractivity contribution in [2.75, 3.05) is 39.4 Å². The van der Waals surface area contributed by atoms with Gasteiger partial charge in [0.1, 0.15) is 12.4 Å². The Morgan fingerprint density at radius 2 is 1.65 bits per heavy atom. The molecule has 0 aromatic heterocycles. The van der Waals surface area contributed by atoms with Gasteiger partial charge in [0.2, 0.25) is 11.8 Å². The van der Waals surface area contributed by atoms with Crippen LogP contribution in [0.25, 0.3) is 0 Å². The fraction of sp³-hybridized carbons (Fsp3) is 0.913. The second kappa shape index (κ2) is 8.60. The maximum absolute atomic E-state index is 13.7. The Morgan fingerprint density at radius 3 is 2.29 bits per heavy atom. The maximum Gasteiger partial charge on any atom is 0.233 e. The standard InChI is InChI=1S/C23H36FN3O4/c1-23(13-30-14-23)22(29)27-10-8-26(9-11-27)21(28)16-4-2-15(3-5-16)20-25-18-7-6-17(24)12-19(18)31-20/h15-20,25H,2-14H2,1H3. The van der Waals surface area contributed by atoms with Crippen LogP contribution >= 0.6 is 0 Å². The molecule has 8 heteroatoms. The smallest absolute Gasteiger partial charge is 0.233 e. The van der Waals surface area contributed by atoms with Crippen molar-refractivity contribution in [2.45, 2.75) is 76.4 Å². The summed E-state index contributed by atoms with van der Waals surface area (Å²) in [4.78, 5) is 29.6. The Hall–Kier alpha value is -1.25. The lowest BCUT2D eigenvalue weighted by molar-refractivity contribution is -0.171. The molecule has 174 valence electrons. The van der Waals surface area contributed by atoms with Crippen molar-refractivity contribution in [2.24, 2.45) is 17.3 Å². The summed E-state index contributed by atoms with van der Waals surface area (Å²) in [5.74, 6) is 0.899. The summed E-state index contributed by atoms with van der Waals surface area (Å²) in [5, 5.41) is 3.60. The van der Waals surface area contributed by atoms with Gasteiger partial charge in [-0.05, 0) is 51.4 Å². The van der Waals surface area contributed by atoms with Gasteiger partial charge in [0.25, 0.3) is 0 Å². The number of piperazine rings is 1. The van der Waals surface area contributed by atoms with Gasteiger partial charge in [-0.15, -0.1) is 0 Å². The lowest BCUT2D eigenvalue weighted by atomic mass is 9.80. The molecular formula is C23H36FN3O4. The minimum atomic E-state index is -0.726. The van der Waals surface area contributed by atoms with Gasteiger partial charge in [-0.1, -0.05) is 0 Å². The molecule has 0 bridgehead atoms. The summed E-state index contributed by atoms with van der Waals surface area (Å²) in [5.41, 5.74) is -0.372. The zero-order valence-corrected chi connectivity index (χ0v) is 18.6. The number of hydrogen-bond acceptors (Lipinski definition) is 5. The van der Waals surface area contributed by atoms with Crippen LogP contribution in [0.15, 0.2) is 0 Å². The van der Waals surface area contributed by atoms with Crippen LogP contribution in [0, 0.1) is 17.3 Å². The zero-order valence-electron chi connectivity index (χ0n) is 18.6. The number of fused-ring (bicyclic) bond motifs is 1. The minimum Gasteiger partial charge on any atom is -0.379 e. The third-order valence-corrected chi connectivity index (χ3v) is 8.21. The Labute approximate surface area is 184 Å². The van der Waals surface area contributed by atoms with E-state index in [1.165, 1.54) is 0 Å². The van der Waals surface area contributed by atoms with Crippen molar-refractivity contribution in [1.29, 1.82) is 0 Å². The van der Waals surface area contributed by atoms with E-state index in [4.69, 9.17) is 9.47 Å². The highest BCUT2D eigenvalue weighted by Gasteiger charge is 2.45. The molecule has 7 nitrogen and oxygen atoms in total. The zero-order chi connectivity index (χ0) is 21.6. The molecule has 5 fully saturated rings. The molecule has 0 spiro atoms. The monoisotopic (exact) mass is 437 g/mol. The minimum absolute atomic E-state index is 0.0147. The number of alkyl halides is 1. The molecule has 3 heterocycles. The third-order valence-electron chi connectivity index (χ3n) is 8.21. The number of carbonyl (C=O) groups is 2. The molecule has 0 radical (unpaired) electrons. The Balaban J connectivity index is 1.07. The van der Waals surface area contributed by atoms with Gasteiger partial charge >= 0.3 is 0 Å². The molecular weight excluding hydrogens is 401 g/mol. The van der Waals surface area contributed by atoms with E-state index in [0.29, 0.717) is 64.2 Å². The maximum atomic E-state index is 13.7. The molecule has 5 rings (SSSR count). The van der Waals surface area contributed by atoms with E-state index < -0.39 is 6.17 Å². The lowest BCUT2D eigenvalue weighted by Gasteiger charge is -2.44. The Morgan fingerprint density at radius 1 is 0.968 bits per heavy atom. The lowest BCUT2D eigenvalue weighted by Crippen LogP contribution is -2.59. The molecule has 31 heavy (non-hydrogen) atoms. The van der Waals surface area contributed by atoms with Crippen LogP contribution in [0.5, 0.6) is 0 Å². The van der Waals surface area contributed by atoms with Crippen molar-refractivity contribution in [3.05, 3.63) is 0 Å². The van der Waals surface area contributed by atoms with E-state index in [-0.39, 0.29) is 35.5 Å². The molecule has 3 aliphatic heterocycles. The quantitative estimate of drug-likeness (QED) is 0.728. The third kappa shape index (κ3) is 4.23. The van der Waals surface area contributed by atoms with E-state index in [1.807, 2.05) is 16.7 Å². The molecule has 3 saturated heterocycles. The van der Waals surface area contributed by atoms with Crippen LogP contribution in [0.2, 0.25) is 0 Å². The number of nitrogens with one attached hydrogen (secondary N) is 1. The van der Waals surface area contributed by atoms with Crippen molar-refractivity contribution in [3.8, 4) is 0 Å². The second-order valence-corrected chi connectivity index (χ2v) is 10.6. The van der Waals surface area contributed by atoms with E-state index in [1.54, 1.807) is 0 Å². The summed E-state index contributed by atoms with van der Waals surface area (Å²) < 4.78 is 25.1. The summed E-state index contributed by atoms with van der Waals surface area (Å²) in [6, 6.07) is 0.295. The molecule has 4 atom stereocenters. The first-order valence-electron chi connectivity index (χ1n) is 12.1. The topological polar surface area (TPSA) is 71.1 Å². The molecule has 0 aromatic carbocycles.